The van der Waals surface area contributed by atoms with Crippen molar-refractivity contribution in [2.75, 3.05) is 6.61 Å². The van der Waals surface area contributed by atoms with Crippen molar-refractivity contribution < 1.29 is 14.3 Å². The standard InChI is InChI=1S/C22H23NO3S/c1-4-14-26-17-12-10-16(11-13-17)19-20(27-18-8-6-5-7-9-18)22(25)23(15(2)3)21(19)24/h5-13,15H,4,14H2,1-3H3. The number of imide groups is 1. The van der Waals surface area contributed by atoms with E-state index in [0.717, 1.165) is 22.6 Å². The normalized spacial score (nSPS) is 14.4. The van der Waals surface area contributed by atoms with Crippen molar-refractivity contribution in [3.05, 3.63) is 65.1 Å². The first kappa shape index (κ1) is 19.2. The number of nitrogens with zero attached hydrogens (tertiary/aromatic N) is 1. The minimum atomic E-state index is -0.240. The summed E-state index contributed by atoms with van der Waals surface area (Å²) < 4.78 is 5.62. The monoisotopic (exact) mass is 381 g/mol. The number of carbonyl (C=O) groups excluding carboxylic acids is 2. The number of hydrogen-bond acceptors (Lipinski definition) is 4. The quantitative estimate of drug-likeness (QED) is 0.649. The molecular weight excluding hydrogens is 358 g/mol. The molecule has 27 heavy (non-hydrogen) atoms. The minimum absolute atomic E-state index is 0.193. The van der Waals surface area contributed by atoms with Crippen molar-refractivity contribution in [1.29, 1.82) is 0 Å². The Morgan fingerprint density at radius 1 is 0.963 bits per heavy atom. The van der Waals surface area contributed by atoms with E-state index < -0.39 is 0 Å². The topological polar surface area (TPSA) is 46.6 Å². The van der Waals surface area contributed by atoms with Gasteiger partial charge in [-0.2, -0.15) is 0 Å². The lowest BCUT2D eigenvalue weighted by Crippen LogP contribution is -2.37. The van der Waals surface area contributed by atoms with Gasteiger partial charge in [0.1, 0.15) is 5.75 Å². The second-order valence-electron chi connectivity index (χ2n) is 6.57. The Bertz CT molecular complexity index is 857. The Morgan fingerprint density at radius 3 is 2.22 bits per heavy atom. The summed E-state index contributed by atoms with van der Waals surface area (Å²) in [6.45, 7) is 6.40. The molecule has 0 bridgehead atoms. The van der Waals surface area contributed by atoms with Crippen LogP contribution in [0.1, 0.15) is 32.8 Å². The predicted octanol–water partition coefficient (Wildman–Crippen LogP) is 4.76. The maximum absolute atomic E-state index is 13.0. The van der Waals surface area contributed by atoms with Crippen LogP contribution >= 0.6 is 11.8 Å². The fraction of sp³-hybridized carbons (Fsp3) is 0.273. The Morgan fingerprint density at radius 2 is 1.63 bits per heavy atom. The van der Waals surface area contributed by atoms with E-state index in [9.17, 15) is 9.59 Å². The molecule has 2 aromatic rings. The van der Waals surface area contributed by atoms with E-state index in [1.165, 1.54) is 16.7 Å². The molecule has 0 unspecified atom stereocenters. The Balaban J connectivity index is 2.00. The number of hydrogen-bond donors (Lipinski definition) is 0. The predicted molar refractivity (Wildman–Crippen MR) is 108 cm³/mol. The maximum Gasteiger partial charge on any atom is 0.268 e. The van der Waals surface area contributed by atoms with Gasteiger partial charge in [-0.05, 0) is 50.1 Å². The molecule has 0 N–H and O–H groups in total. The molecule has 0 spiro atoms. The van der Waals surface area contributed by atoms with Gasteiger partial charge in [0.2, 0.25) is 0 Å². The molecule has 0 radical (unpaired) electrons. The number of benzene rings is 2. The van der Waals surface area contributed by atoms with E-state index in [1.54, 1.807) is 0 Å². The van der Waals surface area contributed by atoms with E-state index in [1.807, 2.05) is 68.4 Å². The second-order valence-corrected chi connectivity index (χ2v) is 7.65. The van der Waals surface area contributed by atoms with Crippen LogP contribution in [0, 0.1) is 0 Å². The summed E-state index contributed by atoms with van der Waals surface area (Å²) in [6.07, 6.45) is 0.932. The average molecular weight is 381 g/mol. The molecule has 5 heteroatoms. The van der Waals surface area contributed by atoms with Crippen LogP contribution in [0.25, 0.3) is 5.57 Å². The summed E-state index contributed by atoms with van der Waals surface area (Å²) in [5, 5.41) is 0. The van der Waals surface area contributed by atoms with Crippen LogP contribution in [0.2, 0.25) is 0 Å². The molecule has 2 aromatic carbocycles. The fourth-order valence-corrected chi connectivity index (χ4v) is 3.91. The lowest BCUT2D eigenvalue weighted by molar-refractivity contribution is -0.138. The van der Waals surface area contributed by atoms with Crippen LogP contribution in [-0.2, 0) is 9.59 Å². The Hall–Kier alpha value is -2.53. The third kappa shape index (κ3) is 4.08. The second kappa shape index (κ2) is 8.44. The first-order valence-corrected chi connectivity index (χ1v) is 9.93. The van der Waals surface area contributed by atoms with Crippen LogP contribution in [-0.4, -0.2) is 29.4 Å². The van der Waals surface area contributed by atoms with Crippen LogP contribution in [0.5, 0.6) is 5.75 Å². The summed E-state index contributed by atoms with van der Waals surface area (Å²) in [6, 6.07) is 16.8. The van der Waals surface area contributed by atoms with Gasteiger partial charge in [-0.15, -0.1) is 0 Å². The SMILES string of the molecule is CCCOc1ccc(C2=C(Sc3ccccc3)C(=O)N(C(C)C)C2=O)cc1. The van der Waals surface area contributed by atoms with Crippen molar-refractivity contribution in [1.82, 2.24) is 4.90 Å². The van der Waals surface area contributed by atoms with Crippen LogP contribution in [0.15, 0.2) is 64.4 Å². The maximum atomic E-state index is 13.0. The van der Waals surface area contributed by atoms with Crippen molar-refractivity contribution in [3.63, 3.8) is 0 Å². The molecule has 0 aromatic heterocycles. The molecule has 1 aliphatic heterocycles. The first-order chi connectivity index (χ1) is 13.0. The van der Waals surface area contributed by atoms with Crippen molar-refractivity contribution in [2.24, 2.45) is 0 Å². The summed E-state index contributed by atoms with van der Waals surface area (Å²) >= 11 is 1.34. The lowest BCUT2D eigenvalue weighted by atomic mass is 10.1. The van der Waals surface area contributed by atoms with Crippen LogP contribution in [0.3, 0.4) is 0 Å². The molecule has 0 saturated carbocycles. The molecule has 0 aliphatic carbocycles. The molecule has 3 rings (SSSR count). The molecule has 4 nitrogen and oxygen atoms in total. The first-order valence-electron chi connectivity index (χ1n) is 9.11. The molecule has 0 atom stereocenters. The number of carbonyl (C=O) groups is 2. The zero-order valence-corrected chi connectivity index (χ0v) is 16.6. The van der Waals surface area contributed by atoms with E-state index in [0.29, 0.717) is 17.1 Å². The number of amides is 2. The average Bonchev–Trinajstić information content (AvgIpc) is 2.91. The molecule has 2 amide bonds. The highest BCUT2D eigenvalue weighted by atomic mass is 32.2. The Labute approximate surface area is 164 Å². The summed E-state index contributed by atoms with van der Waals surface area (Å²) in [7, 11) is 0. The van der Waals surface area contributed by atoms with Crippen LogP contribution < -0.4 is 4.74 Å². The molecule has 140 valence electrons. The van der Waals surface area contributed by atoms with Gasteiger partial charge in [0.05, 0.1) is 17.1 Å². The number of thioether (sulfide) groups is 1. The highest BCUT2D eigenvalue weighted by Crippen LogP contribution is 2.40. The third-order valence-corrected chi connectivity index (χ3v) is 5.26. The smallest absolute Gasteiger partial charge is 0.268 e. The molecule has 0 saturated heterocycles. The number of ether oxygens (including phenoxy) is 1. The van der Waals surface area contributed by atoms with Crippen molar-refractivity contribution >= 4 is 29.1 Å². The van der Waals surface area contributed by atoms with Gasteiger partial charge in [0, 0.05) is 10.9 Å². The third-order valence-electron chi connectivity index (χ3n) is 4.17. The van der Waals surface area contributed by atoms with Crippen molar-refractivity contribution in [3.8, 4) is 5.75 Å². The highest BCUT2D eigenvalue weighted by Gasteiger charge is 2.40. The van der Waals surface area contributed by atoms with Gasteiger partial charge in [-0.25, -0.2) is 0 Å². The molecular formula is C22H23NO3S. The lowest BCUT2D eigenvalue weighted by Gasteiger charge is -2.19. The summed E-state index contributed by atoms with van der Waals surface area (Å²) in [5.41, 5.74) is 1.20. The van der Waals surface area contributed by atoms with Gasteiger partial charge in [-0.1, -0.05) is 49.0 Å². The van der Waals surface area contributed by atoms with Gasteiger partial charge in [-0.3, -0.25) is 14.5 Å². The Kier molecular flexibility index (Phi) is 6.01. The molecule has 1 aliphatic rings. The van der Waals surface area contributed by atoms with E-state index >= 15 is 0 Å². The van der Waals surface area contributed by atoms with Gasteiger partial charge < -0.3 is 4.74 Å². The summed E-state index contributed by atoms with van der Waals surface area (Å²) in [4.78, 5) is 28.7. The molecule has 1 heterocycles. The zero-order valence-electron chi connectivity index (χ0n) is 15.8. The van der Waals surface area contributed by atoms with E-state index in [4.69, 9.17) is 4.74 Å². The summed E-state index contributed by atoms with van der Waals surface area (Å²) in [5.74, 6) is 0.289. The van der Waals surface area contributed by atoms with E-state index in [2.05, 4.69) is 6.92 Å². The highest BCUT2D eigenvalue weighted by molar-refractivity contribution is 8.04. The largest absolute Gasteiger partial charge is 0.494 e. The van der Waals surface area contributed by atoms with Gasteiger partial charge in [0.25, 0.3) is 11.8 Å². The number of rotatable bonds is 7. The minimum Gasteiger partial charge on any atom is -0.494 e. The molecule has 0 fully saturated rings. The fourth-order valence-electron chi connectivity index (χ4n) is 2.89. The van der Waals surface area contributed by atoms with Crippen LogP contribution in [0.4, 0.5) is 0 Å². The van der Waals surface area contributed by atoms with Gasteiger partial charge in [0.15, 0.2) is 0 Å². The van der Waals surface area contributed by atoms with Gasteiger partial charge >= 0.3 is 0 Å². The zero-order chi connectivity index (χ0) is 19.4. The van der Waals surface area contributed by atoms with Crippen molar-refractivity contribution in [2.45, 2.75) is 38.1 Å². The van der Waals surface area contributed by atoms with E-state index in [-0.39, 0.29) is 17.9 Å².